The van der Waals surface area contributed by atoms with Crippen LogP contribution in [-0.2, 0) is 6.54 Å². The first-order valence-corrected chi connectivity index (χ1v) is 8.17. The molecule has 0 saturated carbocycles. The Morgan fingerprint density at radius 2 is 2.12 bits per heavy atom. The number of carbonyl (C=O) groups excluding carboxylic acids is 1. The number of pyridine rings is 1. The molecule has 3 aromatic rings. The van der Waals surface area contributed by atoms with E-state index in [1.807, 2.05) is 36.4 Å². The van der Waals surface area contributed by atoms with Crippen molar-refractivity contribution in [1.82, 2.24) is 15.3 Å². The van der Waals surface area contributed by atoms with Gasteiger partial charge in [-0.2, -0.15) is 0 Å². The molecule has 1 aromatic carbocycles. The summed E-state index contributed by atoms with van der Waals surface area (Å²) >= 11 is 1.37. The third-order valence-corrected chi connectivity index (χ3v) is 4.04. The Kier molecular flexibility index (Phi) is 5.02. The number of hydrogen-bond acceptors (Lipinski definition) is 6. The summed E-state index contributed by atoms with van der Waals surface area (Å²) in [6, 6.07) is 11.3. The molecule has 0 spiro atoms. The summed E-state index contributed by atoms with van der Waals surface area (Å²) in [4.78, 5) is 20.6. The molecule has 0 atom stereocenters. The van der Waals surface area contributed by atoms with Gasteiger partial charge in [0.05, 0.1) is 19.0 Å². The van der Waals surface area contributed by atoms with Crippen molar-refractivity contribution in [3.05, 3.63) is 65.4 Å². The summed E-state index contributed by atoms with van der Waals surface area (Å²) < 4.78 is 5.27. The maximum Gasteiger partial charge on any atom is 0.271 e. The molecule has 0 fully saturated rings. The lowest BCUT2D eigenvalue weighted by Crippen LogP contribution is -2.23. The molecule has 2 aromatic heterocycles. The smallest absolute Gasteiger partial charge is 0.271 e. The third-order valence-electron chi connectivity index (χ3n) is 3.28. The van der Waals surface area contributed by atoms with E-state index >= 15 is 0 Å². The summed E-state index contributed by atoms with van der Waals surface area (Å²) in [6.07, 6.45) is 3.40. The van der Waals surface area contributed by atoms with Crippen LogP contribution in [0.2, 0.25) is 0 Å². The highest BCUT2D eigenvalue weighted by Crippen LogP contribution is 2.21. The summed E-state index contributed by atoms with van der Waals surface area (Å²) in [6.45, 7) is 0.381. The van der Waals surface area contributed by atoms with Crippen molar-refractivity contribution < 1.29 is 9.53 Å². The molecule has 1 amide bonds. The number of ether oxygens (including phenoxy) is 1. The molecule has 0 aliphatic rings. The van der Waals surface area contributed by atoms with Crippen molar-refractivity contribution in [2.24, 2.45) is 0 Å². The number of methoxy groups -OCH3 is 1. The number of benzene rings is 1. The standard InChI is InChI=1S/C17H16N4O2S/c1-23-15-7-3-2-5-12(15)9-19-16(22)14-11-24-17(21-14)20-13-6-4-8-18-10-13/h2-8,10-11H,9H2,1H3,(H,19,22)(H,20,21). The van der Waals surface area contributed by atoms with Gasteiger partial charge in [0.1, 0.15) is 11.4 Å². The fourth-order valence-corrected chi connectivity index (χ4v) is 2.82. The van der Waals surface area contributed by atoms with E-state index in [0.717, 1.165) is 17.0 Å². The number of hydrogen-bond donors (Lipinski definition) is 2. The number of rotatable bonds is 6. The SMILES string of the molecule is COc1ccccc1CNC(=O)c1csc(Nc2cccnc2)n1. The van der Waals surface area contributed by atoms with Crippen molar-refractivity contribution in [3.63, 3.8) is 0 Å². The van der Waals surface area contributed by atoms with Crippen LogP contribution in [0.15, 0.2) is 54.2 Å². The maximum absolute atomic E-state index is 12.2. The number of amides is 1. The zero-order valence-corrected chi connectivity index (χ0v) is 13.8. The van der Waals surface area contributed by atoms with Crippen LogP contribution in [0.3, 0.4) is 0 Å². The summed E-state index contributed by atoms with van der Waals surface area (Å²) in [5.74, 6) is 0.520. The number of para-hydroxylation sites is 1. The predicted octanol–water partition coefficient (Wildman–Crippen LogP) is 3.22. The lowest BCUT2D eigenvalue weighted by molar-refractivity contribution is 0.0946. The molecule has 7 heteroatoms. The highest BCUT2D eigenvalue weighted by atomic mass is 32.1. The Morgan fingerprint density at radius 1 is 1.25 bits per heavy atom. The molecule has 0 bridgehead atoms. The van der Waals surface area contributed by atoms with Gasteiger partial charge in [0.25, 0.3) is 5.91 Å². The van der Waals surface area contributed by atoms with E-state index in [2.05, 4.69) is 20.6 Å². The van der Waals surface area contributed by atoms with Crippen LogP contribution in [0.4, 0.5) is 10.8 Å². The van der Waals surface area contributed by atoms with Crippen LogP contribution in [0.25, 0.3) is 0 Å². The molecule has 2 heterocycles. The number of carbonyl (C=O) groups is 1. The molecule has 0 aliphatic carbocycles. The van der Waals surface area contributed by atoms with Gasteiger partial charge in [0, 0.05) is 23.7 Å². The first-order chi connectivity index (χ1) is 11.8. The van der Waals surface area contributed by atoms with Crippen molar-refractivity contribution >= 4 is 28.1 Å². The van der Waals surface area contributed by atoms with Crippen LogP contribution < -0.4 is 15.4 Å². The van der Waals surface area contributed by atoms with Crippen LogP contribution in [0.1, 0.15) is 16.1 Å². The Balaban J connectivity index is 1.61. The fraction of sp³-hybridized carbons (Fsp3) is 0.118. The number of aromatic nitrogens is 2. The van der Waals surface area contributed by atoms with Gasteiger partial charge >= 0.3 is 0 Å². The van der Waals surface area contributed by atoms with E-state index in [4.69, 9.17) is 4.74 Å². The maximum atomic E-state index is 12.2. The molecule has 24 heavy (non-hydrogen) atoms. The first kappa shape index (κ1) is 15.9. The zero-order chi connectivity index (χ0) is 16.8. The monoisotopic (exact) mass is 340 g/mol. The normalized spacial score (nSPS) is 10.2. The second-order valence-corrected chi connectivity index (χ2v) is 5.76. The van der Waals surface area contributed by atoms with Gasteiger partial charge in [0.15, 0.2) is 5.13 Å². The van der Waals surface area contributed by atoms with Crippen LogP contribution in [-0.4, -0.2) is 23.0 Å². The lowest BCUT2D eigenvalue weighted by Gasteiger charge is -2.08. The third kappa shape index (κ3) is 3.88. The first-order valence-electron chi connectivity index (χ1n) is 7.29. The van der Waals surface area contributed by atoms with E-state index in [1.165, 1.54) is 11.3 Å². The van der Waals surface area contributed by atoms with Crippen LogP contribution in [0, 0.1) is 0 Å². The molecule has 2 N–H and O–H groups in total. The molecule has 0 aliphatic heterocycles. The predicted molar refractivity (Wildman–Crippen MR) is 93.8 cm³/mol. The molecule has 6 nitrogen and oxygen atoms in total. The fourth-order valence-electron chi connectivity index (χ4n) is 2.11. The summed E-state index contributed by atoms with van der Waals surface area (Å²) in [5.41, 5.74) is 2.12. The largest absolute Gasteiger partial charge is 0.496 e. The average Bonchev–Trinajstić information content (AvgIpc) is 3.09. The topological polar surface area (TPSA) is 76.1 Å². The summed E-state index contributed by atoms with van der Waals surface area (Å²) in [7, 11) is 1.61. The van der Waals surface area contributed by atoms with E-state index in [1.54, 1.807) is 24.9 Å². The molecular weight excluding hydrogens is 324 g/mol. The van der Waals surface area contributed by atoms with E-state index in [-0.39, 0.29) is 5.91 Å². The summed E-state index contributed by atoms with van der Waals surface area (Å²) in [5, 5.41) is 8.33. The molecule has 122 valence electrons. The molecule has 0 saturated heterocycles. The minimum atomic E-state index is -0.226. The number of anilines is 2. The molecule has 3 rings (SSSR count). The van der Waals surface area contributed by atoms with Crippen LogP contribution in [0.5, 0.6) is 5.75 Å². The Morgan fingerprint density at radius 3 is 2.92 bits per heavy atom. The number of nitrogens with one attached hydrogen (secondary N) is 2. The number of nitrogens with zero attached hydrogens (tertiary/aromatic N) is 2. The molecule has 0 radical (unpaired) electrons. The highest BCUT2D eigenvalue weighted by Gasteiger charge is 2.11. The van der Waals surface area contributed by atoms with Crippen molar-refractivity contribution in [2.45, 2.75) is 6.54 Å². The van der Waals surface area contributed by atoms with Crippen molar-refractivity contribution in [3.8, 4) is 5.75 Å². The number of thiazole rings is 1. The van der Waals surface area contributed by atoms with E-state index in [9.17, 15) is 4.79 Å². The van der Waals surface area contributed by atoms with Gasteiger partial charge < -0.3 is 15.4 Å². The Bertz CT molecular complexity index is 820. The Hall–Kier alpha value is -2.93. The van der Waals surface area contributed by atoms with Crippen molar-refractivity contribution in [2.75, 3.05) is 12.4 Å². The van der Waals surface area contributed by atoms with Gasteiger partial charge in [-0.15, -0.1) is 11.3 Å². The van der Waals surface area contributed by atoms with Gasteiger partial charge in [-0.1, -0.05) is 18.2 Å². The Labute approximate surface area is 143 Å². The molecule has 0 unspecified atom stereocenters. The van der Waals surface area contributed by atoms with E-state index in [0.29, 0.717) is 17.4 Å². The minimum absolute atomic E-state index is 0.226. The highest BCUT2D eigenvalue weighted by molar-refractivity contribution is 7.14. The second kappa shape index (κ2) is 7.56. The van der Waals surface area contributed by atoms with Crippen molar-refractivity contribution in [1.29, 1.82) is 0 Å². The van der Waals surface area contributed by atoms with Gasteiger partial charge in [-0.05, 0) is 18.2 Å². The average molecular weight is 340 g/mol. The zero-order valence-electron chi connectivity index (χ0n) is 13.0. The second-order valence-electron chi connectivity index (χ2n) is 4.90. The quantitative estimate of drug-likeness (QED) is 0.720. The lowest BCUT2D eigenvalue weighted by atomic mass is 10.2. The van der Waals surface area contributed by atoms with Gasteiger partial charge in [0.2, 0.25) is 0 Å². The van der Waals surface area contributed by atoms with Crippen LogP contribution >= 0.6 is 11.3 Å². The van der Waals surface area contributed by atoms with Gasteiger partial charge in [-0.25, -0.2) is 4.98 Å². The van der Waals surface area contributed by atoms with E-state index < -0.39 is 0 Å². The van der Waals surface area contributed by atoms with Gasteiger partial charge in [-0.3, -0.25) is 9.78 Å². The molecular formula is C17H16N4O2S. The minimum Gasteiger partial charge on any atom is -0.496 e.